The molecule has 0 aliphatic rings. The van der Waals surface area contributed by atoms with Crippen LogP contribution in [0.1, 0.15) is 16.1 Å². The summed E-state index contributed by atoms with van der Waals surface area (Å²) in [7, 11) is 0. The van der Waals surface area contributed by atoms with Crippen molar-refractivity contribution < 1.29 is 18.0 Å². The number of hydrogen-bond donors (Lipinski definition) is 2. The van der Waals surface area contributed by atoms with Crippen molar-refractivity contribution in [3.63, 3.8) is 0 Å². The summed E-state index contributed by atoms with van der Waals surface area (Å²) in [5.41, 5.74) is 6.79. The highest BCUT2D eigenvalue weighted by Crippen LogP contribution is 2.33. The van der Waals surface area contributed by atoms with Crippen molar-refractivity contribution in [1.82, 2.24) is 4.98 Å². The van der Waals surface area contributed by atoms with E-state index < -0.39 is 17.6 Å². The summed E-state index contributed by atoms with van der Waals surface area (Å²) in [5.74, 6) is -0.588. The van der Waals surface area contributed by atoms with Gasteiger partial charge in [-0.2, -0.15) is 13.2 Å². The van der Waals surface area contributed by atoms with E-state index in [0.717, 1.165) is 17.5 Å². The van der Waals surface area contributed by atoms with Crippen LogP contribution in [-0.4, -0.2) is 10.9 Å². The van der Waals surface area contributed by atoms with Gasteiger partial charge in [-0.25, -0.2) is 0 Å². The van der Waals surface area contributed by atoms with E-state index in [9.17, 15) is 18.0 Å². The Bertz CT molecular complexity index is 848. The van der Waals surface area contributed by atoms with Gasteiger partial charge >= 0.3 is 6.18 Å². The maximum Gasteiger partial charge on any atom is 0.416 e. The number of nitrogens with two attached hydrogens (primary N) is 1. The minimum Gasteiger partial charge on any atom is -0.364 e. The molecule has 0 unspecified atom stereocenters. The smallest absolute Gasteiger partial charge is 0.364 e. The van der Waals surface area contributed by atoms with Gasteiger partial charge in [0.15, 0.2) is 0 Å². The minimum absolute atomic E-state index is 0.259. The summed E-state index contributed by atoms with van der Waals surface area (Å²) in [4.78, 5) is 14.1. The zero-order valence-corrected chi connectivity index (χ0v) is 11.2. The van der Waals surface area contributed by atoms with Gasteiger partial charge in [0.25, 0.3) is 5.91 Å². The minimum atomic E-state index is -4.36. The molecule has 0 spiro atoms. The van der Waals surface area contributed by atoms with Crippen LogP contribution in [0.2, 0.25) is 0 Å². The number of amides is 1. The second-order valence-corrected chi connectivity index (χ2v) is 4.89. The van der Waals surface area contributed by atoms with Gasteiger partial charge in [0, 0.05) is 10.9 Å². The number of carbonyl (C=O) groups excluding carboxylic acids is 1. The molecule has 112 valence electrons. The van der Waals surface area contributed by atoms with Gasteiger partial charge < -0.3 is 10.7 Å². The fourth-order valence-corrected chi connectivity index (χ4v) is 2.37. The molecule has 2 aromatic carbocycles. The molecule has 1 aromatic heterocycles. The van der Waals surface area contributed by atoms with Crippen molar-refractivity contribution >= 4 is 16.8 Å². The lowest BCUT2D eigenvalue weighted by Gasteiger charge is -2.08. The Morgan fingerprint density at radius 3 is 2.32 bits per heavy atom. The summed E-state index contributed by atoms with van der Waals surface area (Å²) < 4.78 is 37.8. The van der Waals surface area contributed by atoms with Gasteiger partial charge in [0.05, 0.1) is 11.1 Å². The quantitative estimate of drug-likeness (QED) is 0.740. The number of benzene rings is 2. The lowest BCUT2D eigenvalue weighted by molar-refractivity contribution is -0.137. The molecular formula is C16H11F3N2O. The molecule has 0 saturated carbocycles. The predicted molar refractivity (Wildman–Crippen MR) is 77.3 cm³/mol. The average Bonchev–Trinajstić information content (AvgIpc) is 2.90. The van der Waals surface area contributed by atoms with E-state index in [0.29, 0.717) is 16.6 Å². The van der Waals surface area contributed by atoms with Gasteiger partial charge in [-0.1, -0.05) is 30.3 Å². The SMILES string of the molecule is NC(=O)c1cc2cccc(-c3ccc(C(F)(F)F)cc3)c2[nH]1. The van der Waals surface area contributed by atoms with E-state index in [1.165, 1.54) is 12.1 Å². The topological polar surface area (TPSA) is 58.9 Å². The van der Waals surface area contributed by atoms with Crippen molar-refractivity contribution in [2.24, 2.45) is 5.73 Å². The van der Waals surface area contributed by atoms with Crippen molar-refractivity contribution in [1.29, 1.82) is 0 Å². The van der Waals surface area contributed by atoms with Crippen molar-refractivity contribution in [3.05, 3.63) is 59.8 Å². The fourth-order valence-electron chi connectivity index (χ4n) is 2.37. The van der Waals surface area contributed by atoms with Crippen LogP contribution in [-0.2, 0) is 6.18 Å². The molecule has 1 heterocycles. The predicted octanol–water partition coefficient (Wildman–Crippen LogP) is 3.95. The number of halogens is 3. The lowest BCUT2D eigenvalue weighted by Crippen LogP contribution is -2.10. The first kappa shape index (κ1) is 14.2. The standard InChI is InChI=1S/C16H11F3N2O/c17-16(18,19)11-6-4-9(5-7-11)12-3-1-2-10-8-13(15(20)22)21-14(10)12/h1-8,21H,(H2,20,22). The normalized spacial score (nSPS) is 11.8. The third kappa shape index (κ3) is 2.43. The van der Waals surface area contributed by atoms with Crippen molar-refractivity contribution in [2.45, 2.75) is 6.18 Å². The molecule has 3 N–H and O–H groups in total. The number of nitrogens with one attached hydrogen (secondary N) is 1. The first-order chi connectivity index (χ1) is 10.4. The van der Waals surface area contributed by atoms with Crippen LogP contribution < -0.4 is 5.73 Å². The summed E-state index contributed by atoms with van der Waals surface area (Å²) in [6.07, 6.45) is -4.36. The van der Waals surface area contributed by atoms with E-state index in [1.54, 1.807) is 24.3 Å². The first-order valence-corrected chi connectivity index (χ1v) is 6.45. The number of alkyl halides is 3. The Morgan fingerprint density at radius 1 is 1.05 bits per heavy atom. The van der Waals surface area contributed by atoms with Crippen molar-refractivity contribution in [3.8, 4) is 11.1 Å². The molecule has 0 bridgehead atoms. The Labute approximate surface area is 123 Å². The van der Waals surface area contributed by atoms with Gasteiger partial charge in [-0.05, 0) is 23.8 Å². The number of fused-ring (bicyclic) bond motifs is 1. The number of hydrogen-bond acceptors (Lipinski definition) is 1. The third-order valence-corrected chi connectivity index (χ3v) is 3.44. The summed E-state index contributed by atoms with van der Waals surface area (Å²) in [5, 5.41) is 0.770. The first-order valence-electron chi connectivity index (χ1n) is 6.45. The Hall–Kier alpha value is -2.76. The monoisotopic (exact) mass is 304 g/mol. The number of H-pyrrole nitrogens is 1. The number of carbonyl (C=O) groups is 1. The van der Waals surface area contributed by atoms with Crippen molar-refractivity contribution in [2.75, 3.05) is 0 Å². The third-order valence-electron chi connectivity index (χ3n) is 3.44. The molecule has 6 heteroatoms. The number of para-hydroxylation sites is 1. The van der Waals surface area contributed by atoms with Gasteiger partial charge in [0.1, 0.15) is 5.69 Å². The fraction of sp³-hybridized carbons (Fsp3) is 0.0625. The van der Waals surface area contributed by atoms with Crippen LogP contribution in [0, 0.1) is 0 Å². The highest BCUT2D eigenvalue weighted by atomic mass is 19.4. The maximum atomic E-state index is 12.6. The van der Waals surface area contributed by atoms with E-state index in [-0.39, 0.29) is 5.69 Å². The van der Waals surface area contributed by atoms with E-state index in [4.69, 9.17) is 5.73 Å². The zero-order chi connectivity index (χ0) is 15.9. The second kappa shape index (κ2) is 4.91. The van der Waals surface area contributed by atoms with Gasteiger partial charge in [-0.3, -0.25) is 4.79 Å². The summed E-state index contributed by atoms with van der Waals surface area (Å²) >= 11 is 0. The van der Waals surface area contributed by atoms with E-state index >= 15 is 0 Å². The molecule has 3 aromatic rings. The Morgan fingerprint density at radius 2 is 1.73 bits per heavy atom. The van der Waals surface area contributed by atoms with Crippen LogP contribution in [0.15, 0.2) is 48.5 Å². The Balaban J connectivity index is 2.12. The molecule has 3 rings (SSSR count). The number of primary amides is 1. The highest BCUT2D eigenvalue weighted by molar-refractivity contribution is 6.01. The molecule has 0 radical (unpaired) electrons. The Kier molecular flexibility index (Phi) is 3.16. The molecule has 22 heavy (non-hydrogen) atoms. The maximum absolute atomic E-state index is 12.6. The van der Waals surface area contributed by atoms with Crippen LogP contribution in [0.25, 0.3) is 22.0 Å². The molecule has 0 fully saturated rings. The largest absolute Gasteiger partial charge is 0.416 e. The van der Waals surface area contributed by atoms with Crippen LogP contribution in [0.5, 0.6) is 0 Å². The zero-order valence-electron chi connectivity index (χ0n) is 11.2. The number of aromatic nitrogens is 1. The van der Waals surface area contributed by atoms with Crippen LogP contribution >= 0.6 is 0 Å². The second-order valence-electron chi connectivity index (χ2n) is 4.89. The summed E-state index contributed by atoms with van der Waals surface area (Å²) in [6.45, 7) is 0. The van der Waals surface area contributed by atoms with Crippen LogP contribution in [0.3, 0.4) is 0 Å². The molecule has 0 aliphatic heterocycles. The lowest BCUT2D eigenvalue weighted by atomic mass is 10.0. The van der Waals surface area contributed by atoms with Gasteiger partial charge in [0.2, 0.25) is 0 Å². The number of rotatable bonds is 2. The number of aromatic amines is 1. The van der Waals surface area contributed by atoms with E-state index in [1.807, 2.05) is 0 Å². The molecule has 0 saturated heterocycles. The highest BCUT2D eigenvalue weighted by Gasteiger charge is 2.30. The molecule has 1 amide bonds. The molecule has 0 aliphatic carbocycles. The molecular weight excluding hydrogens is 293 g/mol. The summed E-state index contributed by atoms with van der Waals surface area (Å²) in [6, 6.07) is 11.8. The van der Waals surface area contributed by atoms with E-state index in [2.05, 4.69) is 4.98 Å². The van der Waals surface area contributed by atoms with Crippen LogP contribution in [0.4, 0.5) is 13.2 Å². The molecule has 0 atom stereocenters. The molecule has 3 nitrogen and oxygen atoms in total. The van der Waals surface area contributed by atoms with Gasteiger partial charge in [-0.15, -0.1) is 0 Å². The average molecular weight is 304 g/mol.